The summed E-state index contributed by atoms with van der Waals surface area (Å²) in [6, 6.07) is 0. The fourth-order valence-corrected chi connectivity index (χ4v) is 1.40. The van der Waals surface area contributed by atoms with E-state index in [0.29, 0.717) is 6.10 Å². The Bertz CT molecular complexity index is 114. The normalized spacial score (nSPS) is 31.9. The molecular formula is C9H18O2. The molecule has 0 aromatic rings. The molecule has 1 heterocycles. The molecule has 3 atom stereocenters. The number of ether oxygens (including phenoxy) is 1. The molecule has 0 aromatic heterocycles. The quantitative estimate of drug-likeness (QED) is 0.618. The maximum atomic E-state index is 9.50. The number of hydrogen-bond acceptors (Lipinski definition) is 2. The molecule has 0 bridgehead atoms. The van der Waals surface area contributed by atoms with Crippen LogP contribution in [-0.2, 0) is 4.74 Å². The smallest absolute Gasteiger partial charge is 0.110 e. The van der Waals surface area contributed by atoms with Gasteiger partial charge < -0.3 is 9.84 Å². The highest BCUT2D eigenvalue weighted by atomic mass is 16.6. The summed E-state index contributed by atoms with van der Waals surface area (Å²) in [6.07, 6.45) is 4.50. The lowest BCUT2D eigenvalue weighted by atomic mass is 10.1. The largest absolute Gasteiger partial charge is 0.390 e. The standard InChI is InChI=1S/C9H18O2/c1-3-5-6-7(10)9-8(4-2)11-9/h7-10H,3-6H2,1-2H3. The molecule has 3 unspecified atom stereocenters. The summed E-state index contributed by atoms with van der Waals surface area (Å²) in [5, 5.41) is 9.50. The maximum Gasteiger partial charge on any atom is 0.110 e. The first-order valence-corrected chi connectivity index (χ1v) is 4.63. The predicted octanol–water partition coefficient (Wildman–Crippen LogP) is 1.71. The molecule has 1 rings (SSSR count). The molecule has 1 N–H and O–H groups in total. The Morgan fingerprint density at radius 2 is 2.18 bits per heavy atom. The van der Waals surface area contributed by atoms with Crippen molar-refractivity contribution in [2.75, 3.05) is 0 Å². The first kappa shape index (κ1) is 9.01. The van der Waals surface area contributed by atoms with Crippen molar-refractivity contribution in [1.82, 2.24) is 0 Å². The van der Waals surface area contributed by atoms with E-state index in [2.05, 4.69) is 13.8 Å². The van der Waals surface area contributed by atoms with Crippen molar-refractivity contribution in [2.45, 2.75) is 57.8 Å². The van der Waals surface area contributed by atoms with Gasteiger partial charge in [0.05, 0.1) is 12.2 Å². The Morgan fingerprint density at radius 1 is 1.45 bits per heavy atom. The van der Waals surface area contributed by atoms with Crippen molar-refractivity contribution < 1.29 is 9.84 Å². The zero-order valence-corrected chi connectivity index (χ0v) is 7.42. The van der Waals surface area contributed by atoms with Crippen LogP contribution in [0.5, 0.6) is 0 Å². The highest BCUT2D eigenvalue weighted by Gasteiger charge is 2.42. The third-order valence-corrected chi connectivity index (χ3v) is 2.26. The summed E-state index contributed by atoms with van der Waals surface area (Å²) in [5.41, 5.74) is 0. The summed E-state index contributed by atoms with van der Waals surface area (Å²) in [4.78, 5) is 0. The van der Waals surface area contributed by atoms with Crippen molar-refractivity contribution >= 4 is 0 Å². The summed E-state index contributed by atoms with van der Waals surface area (Å²) in [7, 11) is 0. The molecule has 1 aliphatic heterocycles. The van der Waals surface area contributed by atoms with Crippen molar-refractivity contribution in [3.05, 3.63) is 0 Å². The second-order valence-electron chi connectivity index (χ2n) is 3.26. The van der Waals surface area contributed by atoms with Gasteiger partial charge in [-0.15, -0.1) is 0 Å². The molecule has 0 saturated carbocycles. The van der Waals surface area contributed by atoms with Gasteiger partial charge in [-0.25, -0.2) is 0 Å². The molecule has 66 valence electrons. The van der Waals surface area contributed by atoms with E-state index in [1.807, 2.05) is 0 Å². The number of aliphatic hydroxyl groups is 1. The number of aliphatic hydroxyl groups excluding tert-OH is 1. The van der Waals surface area contributed by atoms with Gasteiger partial charge in [-0.1, -0.05) is 26.7 Å². The van der Waals surface area contributed by atoms with Crippen LogP contribution in [0.15, 0.2) is 0 Å². The molecular weight excluding hydrogens is 140 g/mol. The van der Waals surface area contributed by atoms with E-state index in [4.69, 9.17) is 4.74 Å². The minimum Gasteiger partial charge on any atom is -0.390 e. The van der Waals surface area contributed by atoms with Crippen molar-refractivity contribution in [1.29, 1.82) is 0 Å². The van der Waals surface area contributed by atoms with Crippen LogP contribution in [0.3, 0.4) is 0 Å². The van der Waals surface area contributed by atoms with E-state index in [9.17, 15) is 5.11 Å². The van der Waals surface area contributed by atoms with Crippen molar-refractivity contribution in [3.63, 3.8) is 0 Å². The molecule has 0 spiro atoms. The van der Waals surface area contributed by atoms with Crippen LogP contribution >= 0.6 is 0 Å². The first-order valence-electron chi connectivity index (χ1n) is 4.63. The Morgan fingerprint density at radius 3 is 2.64 bits per heavy atom. The van der Waals surface area contributed by atoms with E-state index < -0.39 is 0 Å². The lowest BCUT2D eigenvalue weighted by Crippen LogP contribution is -2.16. The third-order valence-electron chi connectivity index (χ3n) is 2.26. The molecule has 0 aromatic carbocycles. The van der Waals surface area contributed by atoms with E-state index >= 15 is 0 Å². The summed E-state index contributed by atoms with van der Waals surface area (Å²) < 4.78 is 5.27. The monoisotopic (exact) mass is 158 g/mol. The van der Waals surface area contributed by atoms with Crippen LogP contribution in [0.4, 0.5) is 0 Å². The maximum absolute atomic E-state index is 9.50. The molecule has 1 fully saturated rings. The van der Waals surface area contributed by atoms with Crippen LogP contribution in [0.2, 0.25) is 0 Å². The first-order chi connectivity index (χ1) is 5.29. The zero-order valence-electron chi connectivity index (χ0n) is 7.42. The topological polar surface area (TPSA) is 32.8 Å². The van der Waals surface area contributed by atoms with Crippen molar-refractivity contribution in [3.8, 4) is 0 Å². The predicted molar refractivity (Wildman–Crippen MR) is 44.5 cm³/mol. The molecule has 1 aliphatic rings. The van der Waals surface area contributed by atoms with Crippen LogP contribution in [0.1, 0.15) is 39.5 Å². The van der Waals surface area contributed by atoms with Gasteiger partial charge in [-0.05, 0) is 12.8 Å². The van der Waals surface area contributed by atoms with Gasteiger partial charge in [-0.2, -0.15) is 0 Å². The average Bonchev–Trinajstić information content (AvgIpc) is 2.78. The van der Waals surface area contributed by atoms with Gasteiger partial charge >= 0.3 is 0 Å². The Hall–Kier alpha value is -0.0800. The van der Waals surface area contributed by atoms with Crippen LogP contribution in [0, 0.1) is 0 Å². The average molecular weight is 158 g/mol. The number of epoxide rings is 1. The molecule has 1 saturated heterocycles. The SMILES string of the molecule is CCCCC(O)C1OC1CC. The Balaban J connectivity index is 2.07. The molecule has 0 amide bonds. The third kappa shape index (κ3) is 2.46. The fourth-order valence-electron chi connectivity index (χ4n) is 1.40. The molecule has 11 heavy (non-hydrogen) atoms. The van der Waals surface area contributed by atoms with Crippen LogP contribution in [0.25, 0.3) is 0 Å². The van der Waals surface area contributed by atoms with E-state index in [0.717, 1.165) is 25.7 Å². The minimum atomic E-state index is -0.208. The van der Waals surface area contributed by atoms with E-state index in [-0.39, 0.29) is 12.2 Å². The summed E-state index contributed by atoms with van der Waals surface area (Å²) in [6.45, 7) is 4.23. The van der Waals surface area contributed by atoms with Crippen LogP contribution < -0.4 is 0 Å². The highest BCUT2D eigenvalue weighted by molar-refractivity contribution is 4.89. The Kier molecular flexibility index (Phi) is 3.34. The molecule has 2 nitrogen and oxygen atoms in total. The molecule has 0 radical (unpaired) electrons. The van der Waals surface area contributed by atoms with Gasteiger partial charge in [0.1, 0.15) is 6.10 Å². The lowest BCUT2D eigenvalue weighted by molar-refractivity contribution is 0.124. The lowest BCUT2D eigenvalue weighted by Gasteiger charge is -2.04. The van der Waals surface area contributed by atoms with Crippen molar-refractivity contribution in [2.24, 2.45) is 0 Å². The number of rotatable bonds is 5. The van der Waals surface area contributed by atoms with E-state index in [1.165, 1.54) is 0 Å². The number of hydrogen-bond donors (Lipinski definition) is 1. The zero-order chi connectivity index (χ0) is 8.27. The van der Waals surface area contributed by atoms with E-state index in [1.54, 1.807) is 0 Å². The second kappa shape index (κ2) is 4.07. The minimum absolute atomic E-state index is 0.159. The van der Waals surface area contributed by atoms with Crippen LogP contribution in [-0.4, -0.2) is 23.4 Å². The summed E-state index contributed by atoms with van der Waals surface area (Å²) in [5.74, 6) is 0. The highest BCUT2D eigenvalue weighted by Crippen LogP contribution is 2.29. The summed E-state index contributed by atoms with van der Waals surface area (Å²) >= 11 is 0. The fraction of sp³-hybridized carbons (Fsp3) is 1.00. The van der Waals surface area contributed by atoms with Gasteiger partial charge in [0.25, 0.3) is 0 Å². The van der Waals surface area contributed by atoms with Gasteiger partial charge in [0.15, 0.2) is 0 Å². The number of unbranched alkanes of at least 4 members (excludes halogenated alkanes) is 1. The molecule has 0 aliphatic carbocycles. The van der Waals surface area contributed by atoms with Gasteiger partial charge in [0.2, 0.25) is 0 Å². The second-order valence-corrected chi connectivity index (χ2v) is 3.26. The van der Waals surface area contributed by atoms with Gasteiger partial charge in [0, 0.05) is 0 Å². The molecule has 2 heteroatoms. The van der Waals surface area contributed by atoms with Gasteiger partial charge in [-0.3, -0.25) is 0 Å². The Labute approximate surface area is 68.6 Å².